The first-order chi connectivity index (χ1) is 11.8. The summed E-state index contributed by atoms with van der Waals surface area (Å²) in [7, 11) is 0. The highest BCUT2D eigenvalue weighted by Gasteiger charge is 2.33. The van der Waals surface area contributed by atoms with Crippen molar-refractivity contribution in [3.8, 4) is 0 Å². The number of nitrogens with zero attached hydrogens (tertiary/aromatic N) is 2. The summed E-state index contributed by atoms with van der Waals surface area (Å²) in [6.45, 7) is 4.22. The van der Waals surface area contributed by atoms with Crippen LogP contribution >= 0.6 is 23.2 Å². The fraction of sp³-hybridized carbons (Fsp3) is 0.222. The highest BCUT2D eigenvalue weighted by Crippen LogP contribution is 2.24. The zero-order valence-corrected chi connectivity index (χ0v) is 15.3. The van der Waals surface area contributed by atoms with Gasteiger partial charge in [0, 0.05) is 28.5 Å². The van der Waals surface area contributed by atoms with Crippen LogP contribution in [0.15, 0.2) is 42.4 Å². The minimum Gasteiger partial charge on any atom is -0.351 e. The first-order valence-electron chi connectivity index (χ1n) is 7.81. The van der Waals surface area contributed by atoms with Crippen molar-refractivity contribution in [2.45, 2.75) is 26.4 Å². The van der Waals surface area contributed by atoms with E-state index in [9.17, 15) is 9.59 Å². The van der Waals surface area contributed by atoms with E-state index in [-0.39, 0.29) is 18.1 Å². The van der Waals surface area contributed by atoms with Gasteiger partial charge in [-0.3, -0.25) is 9.69 Å². The number of nitrogens with one attached hydrogen (secondary N) is 1. The van der Waals surface area contributed by atoms with Gasteiger partial charge in [-0.15, -0.1) is 0 Å². The van der Waals surface area contributed by atoms with Crippen molar-refractivity contribution in [3.05, 3.63) is 63.5 Å². The highest BCUT2D eigenvalue weighted by molar-refractivity contribution is 6.35. The molecule has 1 aromatic heterocycles. The van der Waals surface area contributed by atoms with Crippen molar-refractivity contribution in [1.29, 1.82) is 0 Å². The van der Waals surface area contributed by atoms with Crippen molar-refractivity contribution in [2.75, 3.05) is 0 Å². The number of hydrogen-bond acceptors (Lipinski definition) is 2. The van der Waals surface area contributed by atoms with E-state index in [0.29, 0.717) is 21.7 Å². The standard InChI is InChI=1S/C18H17Cl2N3O2/c1-11(2)22-6-5-12(9-22)7-16-17(24)23(18(25)21-16)10-13-3-4-14(19)8-15(13)20/h3-9,11H,10H2,1-2H3,(H,21,25)/b16-7+. The topological polar surface area (TPSA) is 54.3 Å². The van der Waals surface area contributed by atoms with Crippen molar-refractivity contribution in [2.24, 2.45) is 0 Å². The smallest absolute Gasteiger partial charge is 0.329 e. The van der Waals surface area contributed by atoms with Gasteiger partial charge in [-0.05, 0) is 49.2 Å². The molecular weight excluding hydrogens is 361 g/mol. The molecule has 1 aliphatic heterocycles. The summed E-state index contributed by atoms with van der Waals surface area (Å²) >= 11 is 12.0. The van der Waals surface area contributed by atoms with Gasteiger partial charge in [0.1, 0.15) is 5.70 Å². The molecule has 0 atom stereocenters. The van der Waals surface area contributed by atoms with Gasteiger partial charge in [0.25, 0.3) is 5.91 Å². The number of urea groups is 1. The maximum Gasteiger partial charge on any atom is 0.329 e. The van der Waals surface area contributed by atoms with Crippen molar-refractivity contribution < 1.29 is 9.59 Å². The second-order valence-corrected chi connectivity index (χ2v) is 6.94. The predicted octanol–water partition coefficient (Wildman–Crippen LogP) is 4.47. The molecule has 0 bridgehead atoms. The zero-order chi connectivity index (χ0) is 18.1. The highest BCUT2D eigenvalue weighted by atomic mass is 35.5. The first-order valence-corrected chi connectivity index (χ1v) is 8.56. The molecule has 25 heavy (non-hydrogen) atoms. The van der Waals surface area contributed by atoms with E-state index in [1.54, 1.807) is 24.3 Å². The molecule has 1 aromatic carbocycles. The number of halogens is 2. The van der Waals surface area contributed by atoms with Gasteiger partial charge < -0.3 is 9.88 Å². The maximum absolute atomic E-state index is 12.5. The molecule has 7 heteroatoms. The Bertz CT molecular complexity index is 871. The third-order valence-corrected chi connectivity index (χ3v) is 4.54. The molecule has 1 N–H and O–H groups in total. The summed E-state index contributed by atoms with van der Waals surface area (Å²) in [5, 5.41) is 3.53. The third kappa shape index (κ3) is 3.72. The summed E-state index contributed by atoms with van der Waals surface area (Å²) in [6.07, 6.45) is 5.53. The van der Waals surface area contributed by atoms with Crippen LogP contribution in [0.1, 0.15) is 31.0 Å². The van der Waals surface area contributed by atoms with E-state index in [1.807, 2.05) is 23.0 Å². The lowest BCUT2D eigenvalue weighted by Gasteiger charge is -2.13. The fourth-order valence-corrected chi connectivity index (χ4v) is 3.01. The normalized spacial score (nSPS) is 16.2. The largest absolute Gasteiger partial charge is 0.351 e. The van der Waals surface area contributed by atoms with Gasteiger partial charge in [-0.25, -0.2) is 4.79 Å². The Morgan fingerprint density at radius 2 is 1.96 bits per heavy atom. The summed E-state index contributed by atoms with van der Waals surface area (Å²) in [4.78, 5) is 25.8. The Balaban J connectivity index is 1.80. The molecule has 0 unspecified atom stereocenters. The van der Waals surface area contributed by atoms with Crippen LogP contribution in [0.5, 0.6) is 0 Å². The molecule has 5 nitrogen and oxygen atoms in total. The molecule has 130 valence electrons. The average Bonchev–Trinajstić information content (AvgIpc) is 3.10. The summed E-state index contributed by atoms with van der Waals surface area (Å²) in [5.41, 5.74) is 1.75. The average molecular weight is 378 g/mol. The van der Waals surface area contributed by atoms with Crippen LogP contribution in [-0.2, 0) is 11.3 Å². The Morgan fingerprint density at radius 3 is 2.60 bits per heavy atom. The quantitative estimate of drug-likeness (QED) is 0.631. The van der Waals surface area contributed by atoms with Crippen LogP contribution in [0, 0.1) is 0 Å². The van der Waals surface area contributed by atoms with E-state index in [4.69, 9.17) is 23.2 Å². The monoisotopic (exact) mass is 377 g/mol. The molecule has 3 rings (SSSR count). The molecule has 1 aliphatic rings. The lowest BCUT2D eigenvalue weighted by molar-refractivity contribution is -0.123. The number of benzene rings is 1. The van der Waals surface area contributed by atoms with E-state index in [2.05, 4.69) is 19.2 Å². The summed E-state index contributed by atoms with van der Waals surface area (Å²) < 4.78 is 2.03. The van der Waals surface area contributed by atoms with E-state index >= 15 is 0 Å². The Labute approximate surface area is 155 Å². The molecule has 0 aliphatic carbocycles. The number of rotatable bonds is 4. The van der Waals surface area contributed by atoms with Gasteiger partial charge in [-0.2, -0.15) is 0 Å². The molecule has 1 saturated heterocycles. The number of carbonyl (C=O) groups excluding carboxylic acids is 2. The SMILES string of the molecule is CC(C)n1ccc(/C=C2/NC(=O)N(Cc3ccc(Cl)cc3Cl)C2=O)c1. The molecule has 2 aromatic rings. The number of aromatic nitrogens is 1. The van der Waals surface area contributed by atoms with Crippen LogP contribution < -0.4 is 5.32 Å². The molecule has 2 heterocycles. The summed E-state index contributed by atoms with van der Waals surface area (Å²) in [5.74, 6) is -0.381. The van der Waals surface area contributed by atoms with Gasteiger partial charge >= 0.3 is 6.03 Å². The van der Waals surface area contributed by atoms with Gasteiger partial charge in [-0.1, -0.05) is 29.3 Å². The molecule has 0 saturated carbocycles. The Kier molecular flexibility index (Phi) is 4.88. The van der Waals surface area contributed by atoms with E-state index < -0.39 is 6.03 Å². The second kappa shape index (κ2) is 6.94. The number of carbonyl (C=O) groups is 2. The van der Waals surface area contributed by atoms with Gasteiger partial charge in [0.2, 0.25) is 0 Å². The fourth-order valence-electron chi connectivity index (χ4n) is 2.54. The lowest BCUT2D eigenvalue weighted by atomic mass is 10.2. The van der Waals surface area contributed by atoms with Crippen LogP contribution in [0.25, 0.3) is 6.08 Å². The third-order valence-electron chi connectivity index (χ3n) is 3.95. The molecule has 0 spiro atoms. The van der Waals surface area contributed by atoms with Gasteiger partial charge in [0.15, 0.2) is 0 Å². The van der Waals surface area contributed by atoms with E-state index in [1.165, 1.54) is 0 Å². The first kappa shape index (κ1) is 17.6. The van der Waals surface area contributed by atoms with Gasteiger partial charge in [0.05, 0.1) is 6.54 Å². The predicted molar refractivity (Wildman–Crippen MR) is 98.3 cm³/mol. The molecule has 1 fully saturated rings. The Morgan fingerprint density at radius 1 is 1.20 bits per heavy atom. The van der Waals surface area contributed by atoms with Crippen LogP contribution in [0.4, 0.5) is 4.79 Å². The van der Waals surface area contributed by atoms with Crippen LogP contribution in [-0.4, -0.2) is 21.4 Å². The second-order valence-electron chi connectivity index (χ2n) is 6.10. The van der Waals surface area contributed by atoms with Crippen LogP contribution in [0.3, 0.4) is 0 Å². The van der Waals surface area contributed by atoms with Crippen molar-refractivity contribution in [1.82, 2.24) is 14.8 Å². The van der Waals surface area contributed by atoms with Crippen molar-refractivity contribution >= 4 is 41.2 Å². The van der Waals surface area contributed by atoms with Crippen molar-refractivity contribution in [3.63, 3.8) is 0 Å². The van der Waals surface area contributed by atoms with E-state index in [0.717, 1.165) is 10.5 Å². The number of imide groups is 1. The zero-order valence-electron chi connectivity index (χ0n) is 13.8. The summed E-state index contributed by atoms with van der Waals surface area (Å²) in [6, 6.07) is 6.71. The molecule has 3 amide bonds. The minimum atomic E-state index is -0.467. The lowest BCUT2D eigenvalue weighted by Crippen LogP contribution is -2.30. The van der Waals surface area contributed by atoms with Crippen LogP contribution in [0.2, 0.25) is 10.0 Å². The molecular formula is C18H17Cl2N3O2. The minimum absolute atomic E-state index is 0.0883. The molecule has 0 radical (unpaired) electrons. The number of hydrogen-bond donors (Lipinski definition) is 1. The Hall–Kier alpha value is -2.24. The maximum atomic E-state index is 12.5. The number of amides is 3.